The normalized spacial score (nSPS) is 11.5. The number of hydrogen-bond acceptors (Lipinski definition) is 4. The van der Waals surface area contributed by atoms with E-state index in [0.29, 0.717) is 22.0 Å². The van der Waals surface area contributed by atoms with Gasteiger partial charge in [0.25, 0.3) is 10.0 Å². The highest BCUT2D eigenvalue weighted by Crippen LogP contribution is 2.29. The van der Waals surface area contributed by atoms with Crippen LogP contribution in [0, 0.1) is 20.8 Å². The van der Waals surface area contributed by atoms with Gasteiger partial charge in [-0.3, -0.25) is 9.71 Å². The lowest BCUT2D eigenvalue weighted by Crippen LogP contribution is -2.16. The zero-order chi connectivity index (χ0) is 15.8. The first-order valence-electron chi connectivity index (χ1n) is 5.99. The SMILES string of the molecule is Cc1cnc(C)c(NS(=O)(=O)c2cc(C)c(Cl)cc2Cl)n1. The van der Waals surface area contributed by atoms with E-state index in [0.717, 1.165) is 0 Å². The third-order valence-electron chi connectivity index (χ3n) is 2.81. The average molecular weight is 346 g/mol. The Bertz CT molecular complexity index is 807. The number of nitrogens with one attached hydrogen (secondary N) is 1. The fourth-order valence-electron chi connectivity index (χ4n) is 1.65. The molecular formula is C13H13Cl2N3O2S. The Labute approximate surface area is 133 Å². The molecule has 21 heavy (non-hydrogen) atoms. The van der Waals surface area contributed by atoms with Crippen LogP contribution in [-0.2, 0) is 10.0 Å². The van der Waals surface area contributed by atoms with Gasteiger partial charge in [0.2, 0.25) is 0 Å². The number of halogens is 2. The maximum Gasteiger partial charge on any atom is 0.264 e. The summed E-state index contributed by atoms with van der Waals surface area (Å²) < 4.78 is 27.3. The summed E-state index contributed by atoms with van der Waals surface area (Å²) in [5.74, 6) is 0.179. The van der Waals surface area contributed by atoms with Crippen LogP contribution in [0.15, 0.2) is 23.2 Å². The van der Waals surface area contributed by atoms with E-state index in [1.807, 2.05) is 0 Å². The summed E-state index contributed by atoms with van der Waals surface area (Å²) in [7, 11) is -3.87. The average Bonchev–Trinajstić information content (AvgIpc) is 2.37. The van der Waals surface area contributed by atoms with Crippen molar-refractivity contribution in [2.24, 2.45) is 0 Å². The molecule has 0 aliphatic carbocycles. The zero-order valence-electron chi connectivity index (χ0n) is 11.6. The lowest BCUT2D eigenvalue weighted by atomic mass is 10.2. The van der Waals surface area contributed by atoms with Crippen LogP contribution in [-0.4, -0.2) is 18.4 Å². The van der Waals surface area contributed by atoms with Crippen molar-refractivity contribution in [3.63, 3.8) is 0 Å². The molecule has 0 saturated heterocycles. The van der Waals surface area contributed by atoms with Crippen molar-refractivity contribution >= 4 is 39.0 Å². The van der Waals surface area contributed by atoms with Crippen LogP contribution in [0.3, 0.4) is 0 Å². The summed E-state index contributed by atoms with van der Waals surface area (Å²) in [6.07, 6.45) is 1.56. The molecule has 1 N–H and O–H groups in total. The maximum atomic E-state index is 12.4. The van der Waals surface area contributed by atoms with E-state index in [1.54, 1.807) is 27.0 Å². The number of nitrogens with zero attached hydrogens (tertiary/aromatic N) is 2. The highest BCUT2D eigenvalue weighted by molar-refractivity contribution is 7.92. The molecule has 0 radical (unpaired) electrons. The third kappa shape index (κ3) is 3.45. The van der Waals surface area contributed by atoms with Gasteiger partial charge in [-0.15, -0.1) is 0 Å². The van der Waals surface area contributed by atoms with Crippen molar-refractivity contribution in [1.82, 2.24) is 9.97 Å². The largest absolute Gasteiger partial charge is 0.264 e. The Balaban J connectivity index is 2.48. The van der Waals surface area contributed by atoms with Gasteiger partial charge in [-0.2, -0.15) is 0 Å². The van der Waals surface area contributed by atoms with Gasteiger partial charge in [-0.05, 0) is 38.5 Å². The summed E-state index contributed by atoms with van der Waals surface area (Å²) in [6.45, 7) is 5.10. The number of rotatable bonds is 3. The number of hydrogen-bond donors (Lipinski definition) is 1. The van der Waals surface area contributed by atoms with E-state index >= 15 is 0 Å². The fraction of sp³-hybridized carbons (Fsp3) is 0.231. The standard InChI is InChI=1S/C13H13Cl2N3O2S/c1-7-4-12(11(15)5-10(7)14)21(19,20)18-13-9(3)16-6-8(2)17-13/h4-6H,1-3H3,(H,17,18). The first kappa shape index (κ1) is 16.0. The molecule has 1 heterocycles. The Kier molecular flexibility index (Phi) is 4.41. The van der Waals surface area contributed by atoms with Crippen molar-refractivity contribution in [2.75, 3.05) is 4.72 Å². The van der Waals surface area contributed by atoms with E-state index < -0.39 is 10.0 Å². The fourth-order valence-corrected chi connectivity index (χ4v) is 3.55. The highest BCUT2D eigenvalue weighted by Gasteiger charge is 2.21. The van der Waals surface area contributed by atoms with Crippen LogP contribution in [0.2, 0.25) is 10.0 Å². The summed E-state index contributed by atoms with van der Waals surface area (Å²) >= 11 is 11.9. The van der Waals surface area contributed by atoms with Crippen molar-refractivity contribution in [2.45, 2.75) is 25.7 Å². The van der Waals surface area contributed by atoms with Crippen LogP contribution >= 0.6 is 23.2 Å². The third-order valence-corrected chi connectivity index (χ3v) is 5.02. The van der Waals surface area contributed by atoms with E-state index in [1.165, 1.54) is 12.1 Å². The molecule has 0 saturated carbocycles. The van der Waals surface area contributed by atoms with Gasteiger partial charge in [-0.25, -0.2) is 13.4 Å². The number of aromatic nitrogens is 2. The molecule has 0 spiro atoms. The molecule has 2 rings (SSSR count). The van der Waals surface area contributed by atoms with E-state index in [9.17, 15) is 8.42 Å². The molecule has 0 bridgehead atoms. The van der Waals surface area contributed by atoms with Crippen molar-refractivity contribution in [1.29, 1.82) is 0 Å². The topological polar surface area (TPSA) is 72.0 Å². The van der Waals surface area contributed by atoms with Gasteiger partial charge in [-0.1, -0.05) is 23.2 Å². The molecule has 112 valence electrons. The van der Waals surface area contributed by atoms with Crippen molar-refractivity contribution in [3.8, 4) is 0 Å². The molecule has 1 aromatic heterocycles. The number of benzene rings is 1. The van der Waals surface area contributed by atoms with Gasteiger partial charge in [0.15, 0.2) is 5.82 Å². The lowest BCUT2D eigenvalue weighted by molar-refractivity contribution is 0.601. The molecule has 0 aliphatic rings. The predicted octanol–water partition coefficient (Wildman–Crippen LogP) is 3.51. The minimum absolute atomic E-state index is 0.0474. The van der Waals surface area contributed by atoms with Crippen LogP contribution in [0.4, 0.5) is 5.82 Å². The quantitative estimate of drug-likeness (QED) is 0.923. The molecule has 8 heteroatoms. The van der Waals surface area contributed by atoms with E-state index in [4.69, 9.17) is 23.2 Å². The van der Waals surface area contributed by atoms with Crippen molar-refractivity contribution < 1.29 is 8.42 Å². The minimum atomic E-state index is -3.87. The second-order valence-electron chi connectivity index (χ2n) is 4.58. The molecule has 0 atom stereocenters. The van der Waals surface area contributed by atoms with E-state index in [-0.39, 0.29) is 15.7 Å². The zero-order valence-corrected chi connectivity index (χ0v) is 13.9. The predicted molar refractivity (Wildman–Crippen MR) is 83.5 cm³/mol. The second-order valence-corrected chi connectivity index (χ2v) is 7.05. The summed E-state index contributed by atoms with van der Waals surface area (Å²) in [6, 6.07) is 2.83. The Morgan fingerprint density at radius 2 is 1.76 bits per heavy atom. The van der Waals surface area contributed by atoms with E-state index in [2.05, 4.69) is 14.7 Å². The van der Waals surface area contributed by atoms with Crippen LogP contribution in [0.25, 0.3) is 0 Å². The van der Waals surface area contributed by atoms with Gasteiger partial charge >= 0.3 is 0 Å². The first-order valence-corrected chi connectivity index (χ1v) is 8.23. The second kappa shape index (κ2) is 5.79. The number of aryl methyl sites for hydroxylation is 3. The number of sulfonamides is 1. The molecule has 0 unspecified atom stereocenters. The molecule has 1 aromatic carbocycles. The monoisotopic (exact) mass is 345 g/mol. The van der Waals surface area contributed by atoms with Crippen LogP contribution in [0.5, 0.6) is 0 Å². The summed E-state index contributed by atoms with van der Waals surface area (Å²) in [5, 5.41) is 0.460. The highest BCUT2D eigenvalue weighted by atomic mass is 35.5. The molecule has 0 amide bonds. The molecule has 2 aromatic rings. The molecule has 0 aliphatic heterocycles. The molecule has 5 nitrogen and oxygen atoms in total. The Morgan fingerprint density at radius 1 is 1.10 bits per heavy atom. The van der Waals surface area contributed by atoms with Crippen LogP contribution in [0.1, 0.15) is 17.0 Å². The number of anilines is 1. The molecular weight excluding hydrogens is 333 g/mol. The van der Waals surface area contributed by atoms with Crippen LogP contribution < -0.4 is 4.72 Å². The maximum absolute atomic E-state index is 12.4. The van der Waals surface area contributed by atoms with Gasteiger partial charge in [0.1, 0.15) is 4.90 Å². The van der Waals surface area contributed by atoms with Gasteiger partial charge in [0, 0.05) is 11.2 Å². The lowest BCUT2D eigenvalue weighted by Gasteiger charge is -2.12. The van der Waals surface area contributed by atoms with Gasteiger partial charge < -0.3 is 0 Å². The summed E-state index contributed by atoms with van der Waals surface area (Å²) in [5.41, 5.74) is 1.70. The van der Waals surface area contributed by atoms with Gasteiger partial charge in [0.05, 0.1) is 16.4 Å². The molecule has 0 fully saturated rings. The Morgan fingerprint density at radius 3 is 2.43 bits per heavy atom. The minimum Gasteiger partial charge on any atom is -0.262 e. The summed E-state index contributed by atoms with van der Waals surface area (Å²) in [4.78, 5) is 8.15. The smallest absolute Gasteiger partial charge is 0.262 e. The van der Waals surface area contributed by atoms with Crippen molar-refractivity contribution in [3.05, 3.63) is 45.3 Å². The Hall–Kier alpha value is -1.37. The first-order chi connectivity index (χ1) is 9.70.